The summed E-state index contributed by atoms with van der Waals surface area (Å²) in [5, 5.41) is 0. The monoisotopic (exact) mass is 416 g/mol. The second-order valence-corrected chi connectivity index (χ2v) is 12.1. The lowest BCUT2D eigenvalue weighted by atomic mass is 9.57. The molecule has 0 heterocycles. The van der Waals surface area contributed by atoms with Crippen LogP contribution < -0.4 is 0 Å². The maximum Gasteiger partial charge on any atom is -0.0297 e. The number of rotatable bonds is 6. The quantitative estimate of drug-likeness (QED) is 0.404. The summed E-state index contributed by atoms with van der Waals surface area (Å²) in [5.41, 5.74) is 0.620. The van der Waals surface area contributed by atoms with Crippen LogP contribution in [0, 0.1) is 46.8 Å². The van der Waals surface area contributed by atoms with Crippen LogP contribution >= 0.6 is 0 Å². The number of hydrogen-bond donors (Lipinski definition) is 0. The molecule has 6 unspecified atom stereocenters. The summed E-state index contributed by atoms with van der Waals surface area (Å²) in [6, 6.07) is 0. The highest BCUT2D eigenvalue weighted by Gasteiger charge is 2.49. The van der Waals surface area contributed by atoms with Gasteiger partial charge in [-0.25, -0.2) is 0 Å². The molecule has 0 nitrogen and oxygen atoms in total. The van der Waals surface area contributed by atoms with Gasteiger partial charge in [-0.05, 0) is 78.9 Å². The highest BCUT2D eigenvalue weighted by atomic mass is 14.5. The predicted molar refractivity (Wildman–Crippen MR) is 134 cm³/mol. The molecule has 4 aliphatic rings. The van der Waals surface area contributed by atoms with Crippen molar-refractivity contribution in [2.24, 2.45) is 46.8 Å². The molecule has 0 saturated heterocycles. The molecule has 0 aromatic rings. The number of hydrogen-bond acceptors (Lipinski definition) is 0. The van der Waals surface area contributed by atoms with Crippen molar-refractivity contribution in [2.75, 3.05) is 0 Å². The highest BCUT2D eigenvalue weighted by molar-refractivity contribution is 4.98. The van der Waals surface area contributed by atoms with Crippen LogP contribution in [0.15, 0.2) is 0 Å². The average molecular weight is 417 g/mol. The second-order valence-electron chi connectivity index (χ2n) is 12.1. The van der Waals surface area contributed by atoms with E-state index in [4.69, 9.17) is 0 Å². The van der Waals surface area contributed by atoms with Crippen molar-refractivity contribution >= 4 is 0 Å². The smallest absolute Gasteiger partial charge is 0.0297 e. The summed E-state index contributed by atoms with van der Waals surface area (Å²) in [4.78, 5) is 0. The van der Waals surface area contributed by atoms with E-state index in [0.29, 0.717) is 5.41 Å². The van der Waals surface area contributed by atoms with Gasteiger partial charge in [-0.3, -0.25) is 0 Å². The molecule has 0 bridgehead atoms. The summed E-state index contributed by atoms with van der Waals surface area (Å²) in [6.45, 7) is 11.9. The average Bonchev–Trinajstić information content (AvgIpc) is 3.15. The van der Waals surface area contributed by atoms with Gasteiger partial charge in [0.25, 0.3) is 0 Å². The van der Waals surface area contributed by atoms with Gasteiger partial charge in [0.2, 0.25) is 0 Å². The molecule has 6 atom stereocenters. The largest absolute Gasteiger partial charge is 0.0683 e. The van der Waals surface area contributed by atoms with Gasteiger partial charge in [-0.2, -0.15) is 0 Å². The van der Waals surface area contributed by atoms with Gasteiger partial charge in [0.05, 0.1) is 0 Å². The van der Waals surface area contributed by atoms with Crippen LogP contribution in [-0.2, 0) is 0 Å². The molecule has 0 N–H and O–H groups in total. The van der Waals surface area contributed by atoms with Crippen molar-refractivity contribution in [1.82, 2.24) is 0 Å². The van der Waals surface area contributed by atoms with Crippen LogP contribution in [0.1, 0.15) is 144 Å². The maximum absolute atomic E-state index is 2.73. The first-order chi connectivity index (χ1) is 14.6. The molecule has 4 fully saturated rings. The third-order valence-corrected chi connectivity index (χ3v) is 10.6. The van der Waals surface area contributed by atoms with Crippen molar-refractivity contribution in [1.29, 1.82) is 0 Å². The fourth-order valence-corrected chi connectivity index (χ4v) is 8.95. The van der Waals surface area contributed by atoms with Gasteiger partial charge in [0.1, 0.15) is 0 Å². The summed E-state index contributed by atoms with van der Waals surface area (Å²) >= 11 is 0. The standard InChI is InChI=1S/C28H50.C2H6/c1-4-28(3,24-16-9-6-10-17-24)20-26(22-13-7-5-8-14-22)27-21(2)19-23-15-11-12-18-25(23)27;1-2/h21-27H,4-20H2,1-3H3;1-2H3. The Balaban J connectivity index is 0.00000124. The van der Waals surface area contributed by atoms with Crippen LogP contribution in [0.2, 0.25) is 0 Å². The Morgan fingerprint density at radius 2 is 1.33 bits per heavy atom. The minimum atomic E-state index is 0.620. The van der Waals surface area contributed by atoms with E-state index >= 15 is 0 Å². The van der Waals surface area contributed by atoms with Crippen LogP contribution in [0.3, 0.4) is 0 Å². The summed E-state index contributed by atoms with van der Waals surface area (Å²) in [6.07, 6.45) is 26.1. The molecular weight excluding hydrogens is 360 g/mol. The second kappa shape index (κ2) is 11.7. The van der Waals surface area contributed by atoms with Gasteiger partial charge in [0, 0.05) is 0 Å². The van der Waals surface area contributed by atoms with Gasteiger partial charge < -0.3 is 0 Å². The van der Waals surface area contributed by atoms with Crippen LogP contribution in [0.25, 0.3) is 0 Å². The van der Waals surface area contributed by atoms with Gasteiger partial charge in [-0.15, -0.1) is 0 Å². The van der Waals surface area contributed by atoms with Crippen molar-refractivity contribution in [3.63, 3.8) is 0 Å². The molecule has 4 rings (SSSR count). The molecule has 4 aliphatic carbocycles. The topological polar surface area (TPSA) is 0 Å². The van der Waals surface area contributed by atoms with E-state index in [2.05, 4.69) is 20.8 Å². The Bertz CT molecular complexity index is 468. The number of fused-ring (bicyclic) bond motifs is 1. The SMILES string of the molecule is CC.CCC(C)(CC(C1CCCCC1)C1C(C)CC2CCCCC21)C1CCCCC1. The Kier molecular flexibility index (Phi) is 9.65. The molecule has 0 radical (unpaired) electrons. The van der Waals surface area contributed by atoms with E-state index in [1.165, 1.54) is 70.6 Å². The Morgan fingerprint density at radius 3 is 1.97 bits per heavy atom. The predicted octanol–water partition coefficient (Wildman–Crippen LogP) is 10.1. The first-order valence-electron chi connectivity index (χ1n) is 14.6. The fraction of sp³-hybridized carbons (Fsp3) is 1.00. The highest BCUT2D eigenvalue weighted by Crippen LogP contribution is 2.58. The van der Waals surface area contributed by atoms with Crippen molar-refractivity contribution < 1.29 is 0 Å². The summed E-state index contributed by atoms with van der Waals surface area (Å²) in [5.74, 6) is 7.42. The van der Waals surface area contributed by atoms with E-state index < -0.39 is 0 Å². The summed E-state index contributed by atoms with van der Waals surface area (Å²) in [7, 11) is 0. The Hall–Kier alpha value is 0. The Morgan fingerprint density at radius 1 is 0.767 bits per heavy atom. The van der Waals surface area contributed by atoms with Crippen LogP contribution in [0.5, 0.6) is 0 Å². The van der Waals surface area contributed by atoms with E-state index in [9.17, 15) is 0 Å². The molecule has 176 valence electrons. The molecule has 0 amide bonds. The molecule has 0 spiro atoms. The lowest BCUT2D eigenvalue weighted by Crippen LogP contribution is -2.39. The van der Waals surface area contributed by atoms with Gasteiger partial charge in [0.15, 0.2) is 0 Å². The molecule has 0 heteroatoms. The minimum absolute atomic E-state index is 0.620. The first kappa shape index (κ1) is 24.6. The van der Waals surface area contributed by atoms with E-state index in [-0.39, 0.29) is 0 Å². The van der Waals surface area contributed by atoms with E-state index in [0.717, 1.165) is 41.4 Å². The van der Waals surface area contributed by atoms with E-state index in [1.54, 1.807) is 38.5 Å². The summed E-state index contributed by atoms with van der Waals surface area (Å²) < 4.78 is 0. The lowest BCUT2D eigenvalue weighted by Gasteiger charge is -2.48. The zero-order chi connectivity index (χ0) is 21.6. The maximum atomic E-state index is 2.73. The van der Waals surface area contributed by atoms with Crippen LogP contribution in [-0.4, -0.2) is 0 Å². The van der Waals surface area contributed by atoms with Gasteiger partial charge in [-0.1, -0.05) is 112 Å². The molecule has 4 saturated carbocycles. The molecule has 0 aromatic carbocycles. The fourth-order valence-electron chi connectivity index (χ4n) is 8.95. The van der Waals surface area contributed by atoms with Gasteiger partial charge >= 0.3 is 0 Å². The minimum Gasteiger partial charge on any atom is -0.0683 e. The Labute approximate surface area is 190 Å². The van der Waals surface area contributed by atoms with Crippen molar-refractivity contribution in [3.8, 4) is 0 Å². The van der Waals surface area contributed by atoms with Crippen LogP contribution in [0.4, 0.5) is 0 Å². The molecule has 0 aromatic heterocycles. The third kappa shape index (κ3) is 5.49. The third-order valence-electron chi connectivity index (χ3n) is 10.6. The van der Waals surface area contributed by atoms with Crippen molar-refractivity contribution in [2.45, 2.75) is 144 Å². The lowest BCUT2D eigenvalue weighted by molar-refractivity contribution is 0.0201. The normalized spacial score (nSPS) is 36.3. The zero-order valence-electron chi connectivity index (χ0n) is 21.6. The molecule has 0 aliphatic heterocycles. The van der Waals surface area contributed by atoms with E-state index in [1.807, 2.05) is 13.8 Å². The first-order valence-corrected chi connectivity index (χ1v) is 14.6. The molecular formula is C30H56. The zero-order valence-corrected chi connectivity index (χ0v) is 21.6. The van der Waals surface area contributed by atoms with Crippen molar-refractivity contribution in [3.05, 3.63) is 0 Å². The molecule has 30 heavy (non-hydrogen) atoms.